The molecule has 0 spiro atoms. The molecule has 0 amide bonds. The first kappa shape index (κ1) is 18.6. The summed E-state index contributed by atoms with van der Waals surface area (Å²) in [6.45, 7) is 5.87. The van der Waals surface area contributed by atoms with Gasteiger partial charge in [-0.25, -0.2) is 0 Å². The third-order valence-electron chi connectivity index (χ3n) is 3.90. The predicted octanol–water partition coefficient (Wildman–Crippen LogP) is 5.74. The molecule has 2 heterocycles. The van der Waals surface area contributed by atoms with Crippen LogP contribution in [-0.4, -0.2) is 14.8 Å². The van der Waals surface area contributed by atoms with Crippen molar-refractivity contribution in [1.82, 2.24) is 14.8 Å². The van der Waals surface area contributed by atoms with Gasteiger partial charge in [-0.05, 0) is 38.5 Å². The molecule has 0 atom stereocenters. The molecule has 4 nitrogen and oxygen atoms in total. The number of aryl methyl sites for hydroxylation is 1. The van der Waals surface area contributed by atoms with E-state index >= 15 is 0 Å². The SMILES string of the molecule is Cc1occc1-c1nnc(SCc2cccc(C(F)(F)F)c2)n1C(C)C. The van der Waals surface area contributed by atoms with E-state index in [1.807, 2.05) is 31.4 Å². The number of halogens is 3. The summed E-state index contributed by atoms with van der Waals surface area (Å²) in [4.78, 5) is 0. The van der Waals surface area contributed by atoms with Gasteiger partial charge in [0.2, 0.25) is 0 Å². The highest BCUT2D eigenvalue weighted by Gasteiger charge is 2.30. The van der Waals surface area contributed by atoms with Crippen molar-refractivity contribution in [1.29, 1.82) is 0 Å². The van der Waals surface area contributed by atoms with Gasteiger partial charge >= 0.3 is 6.18 Å². The van der Waals surface area contributed by atoms with Crippen molar-refractivity contribution < 1.29 is 17.6 Å². The fraction of sp³-hybridized carbons (Fsp3) is 0.333. The van der Waals surface area contributed by atoms with Crippen LogP contribution >= 0.6 is 11.8 Å². The molecule has 138 valence electrons. The van der Waals surface area contributed by atoms with E-state index in [0.717, 1.165) is 17.4 Å². The van der Waals surface area contributed by atoms with Crippen molar-refractivity contribution in [2.45, 2.75) is 43.9 Å². The van der Waals surface area contributed by atoms with Gasteiger partial charge in [0.15, 0.2) is 11.0 Å². The maximum absolute atomic E-state index is 12.9. The lowest BCUT2D eigenvalue weighted by molar-refractivity contribution is -0.137. The highest BCUT2D eigenvalue weighted by molar-refractivity contribution is 7.98. The van der Waals surface area contributed by atoms with Gasteiger partial charge in [0.1, 0.15) is 5.76 Å². The minimum Gasteiger partial charge on any atom is -0.469 e. The molecule has 0 saturated heterocycles. The first-order chi connectivity index (χ1) is 12.3. The van der Waals surface area contributed by atoms with Crippen LogP contribution in [0.2, 0.25) is 0 Å². The summed E-state index contributed by atoms with van der Waals surface area (Å²) in [7, 11) is 0. The van der Waals surface area contributed by atoms with Crippen LogP contribution in [0.1, 0.15) is 36.8 Å². The molecular weight excluding hydrogens is 363 g/mol. The average molecular weight is 381 g/mol. The van der Waals surface area contributed by atoms with E-state index in [0.29, 0.717) is 22.3 Å². The molecule has 0 saturated carbocycles. The Morgan fingerprint density at radius 1 is 1.19 bits per heavy atom. The molecule has 0 aliphatic rings. The van der Waals surface area contributed by atoms with Crippen LogP contribution in [0.3, 0.4) is 0 Å². The maximum Gasteiger partial charge on any atom is 0.416 e. The van der Waals surface area contributed by atoms with E-state index in [1.165, 1.54) is 23.9 Å². The monoisotopic (exact) mass is 381 g/mol. The fourth-order valence-electron chi connectivity index (χ4n) is 2.63. The molecule has 0 fully saturated rings. The van der Waals surface area contributed by atoms with Crippen LogP contribution in [0.4, 0.5) is 13.2 Å². The normalized spacial score (nSPS) is 12.1. The number of benzene rings is 1. The molecule has 0 aliphatic carbocycles. The predicted molar refractivity (Wildman–Crippen MR) is 93.9 cm³/mol. The number of hydrogen-bond acceptors (Lipinski definition) is 4. The topological polar surface area (TPSA) is 43.9 Å². The van der Waals surface area contributed by atoms with Crippen LogP contribution in [0.15, 0.2) is 46.2 Å². The van der Waals surface area contributed by atoms with Crippen molar-refractivity contribution in [3.8, 4) is 11.4 Å². The van der Waals surface area contributed by atoms with Gasteiger partial charge in [-0.3, -0.25) is 4.57 Å². The van der Waals surface area contributed by atoms with Crippen LogP contribution in [0.5, 0.6) is 0 Å². The Hall–Kier alpha value is -2.22. The lowest BCUT2D eigenvalue weighted by Crippen LogP contribution is -2.06. The lowest BCUT2D eigenvalue weighted by atomic mass is 10.1. The molecule has 1 aromatic carbocycles. The molecule has 0 N–H and O–H groups in total. The number of hydrogen-bond donors (Lipinski definition) is 0. The minimum atomic E-state index is -4.34. The van der Waals surface area contributed by atoms with E-state index in [2.05, 4.69) is 10.2 Å². The van der Waals surface area contributed by atoms with Crippen LogP contribution < -0.4 is 0 Å². The second-order valence-corrected chi connectivity index (χ2v) is 7.09. The van der Waals surface area contributed by atoms with E-state index in [-0.39, 0.29) is 6.04 Å². The Kier molecular flexibility index (Phi) is 5.13. The average Bonchev–Trinajstić information content (AvgIpc) is 3.18. The minimum absolute atomic E-state index is 0.0957. The smallest absolute Gasteiger partial charge is 0.416 e. The van der Waals surface area contributed by atoms with Gasteiger partial charge in [-0.15, -0.1) is 10.2 Å². The van der Waals surface area contributed by atoms with Gasteiger partial charge in [-0.2, -0.15) is 13.2 Å². The Bertz CT molecular complexity index is 899. The number of aromatic nitrogens is 3. The van der Waals surface area contributed by atoms with E-state index < -0.39 is 11.7 Å². The van der Waals surface area contributed by atoms with Crippen LogP contribution in [0, 0.1) is 6.92 Å². The second-order valence-electron chi connectivity index (χ2n) is 6.15. The fourth-order valence-corrected chi connectivity index (χ4v) is 3.64. The molecule has 2 aromatic heterocycles. The summed E-state index contributed by atoms with van der Waals surface area (Å²) in [6.07, 6.45) is -2.75. The Morgan fingerprint density at radius 3 is 2.58 bits per heavy atom. The number of furan rings is 1. The zero-order chi connectivity index (χ0) is 18.9. The zero-order valence-electron chi connectivity index (χ0n) is 14.5. The van der Waals surface area contributed by atoms with Crippen molar-refractivity contribution >= 4 is 11.8 Å². The van der Waals surface area contributed by atoms with E-state index in [9.17, 15) is 13.2 Å². The quantitative estimate of drug-likeness (QED) is 0.529. The molecule has 0 unspecified atom stereocenters. The second kappa shape index (κ2) is 7.19. The summed E-state index contributed by atoms with van der Waals surface area (Å²) >= 11 is 1.36. The largest absolute Gasteiger partial charge is 0.469 e. The third kappa shape index (κ3) is 3.80. The summed E-state index contributed by atoms with van der Waals surface area (Å²) in [5.74, 6) is 1.81. The van der Waals surface area contributed by atoms with Crippen molar-refractivity contribution in [2.75, 3.05) is 0 Å². The van der Waals surface area contributed by atoms with Crippen molar-refractivity contribution in [2.24, 2.45) is 0 Å². The Labute approximate surface area is 153 Å². The first-order valence-corrected chi connectivity index (χ1v) is 9.04. The third-order valence-corrected chi connectivity index (χ3v) is 4.92. The van der Waals surface area contributed by atoms with Gasteiger partial charge in [0, 0.05) is 11.8 Å². The Morgan fingerprint density at radius 2 is 1.96 bits per heavy atom. The van der Waals surface area contributed by atoms with Gasteiger partial charge in [0.25, 0.3) is 0 Å². The standard InChI is InChI=1S/C18H18F3N3OS/c1-11(2)24-16(15-7-8-25-12(15)3)22-23-17(24)26-10-13-5-4-6-14(9-13)18(19,20)21/h4-9,11H,10H2,1-3H3. The van der Waals surface area contributed by atoms with E-state index in [4.69, 9.17) is 4.42 Å². The molecule has 8 heteroatoms. The molecular formula is C18H18F3N3OS. The zero-order valence-corrected chi connectivity index (χ0v) is 15.4. The van der Waals surface area contributed by atoms with Crippen molar-refractivity contribution in [3.63, 3.8) is 0 Å². The van der Waals surface area contributed by atoms with Crippen molar-refractivity contribution in [3.05, 3.63) is 53.5 Å². The number of alkyl halides is 3. The number of rotatable bonds is 5. The summed E-state index contributed by atoms with van der Waals surface area (Å²) < 4.78 is 45.9. The molecule has 0 aliphatic heterocycles. The molecule has 0 bridgehead atoms. The summed E-state index contributed by atoms with van der Waals surface area (Å²) in [6, 6.07) is 7.28. The first-order valence-electron chi connectivity index (χ1n) is 8.05. The highest BCUT2D eigenvalue weighted by Crippen LogP contribution is 2.33. The van der Waals surface area contributed by atoms with Crippen LogP contribution in [0.25, 0.3) is 11.4 Å². The van der Waals surface area contributed by atoms with Gasteiger partial charge in [0.05, 0.1) is 17.4 Å². The maximum atomic E-state index is 12.9. The molecule has 26 heavy (non-hydrogen) atoms. The molecule has 0 radical (unpaired) electrons. The highest BCUT2D eigenvalue weighted by atomic mass is 32.2. The summed E-state index contributed by atoms with van der Waals surface area (Å²) in [5.41, 5.74) is 0.803. The van der Waals surface area contributed by atoms with Gasteiger partial charge < -0.3 is 4.42 Å². The molecule has 3 rings (SSSR count). The summed E-state index contributed by atoms with van der Waals surface area (Å²) in [5, 5.41) is 9.15. The number of nitrogens with zero attached hydrogens (tertiary/aromatic N) is 3. The van der Waals surface area contributed by atoms with Gasteiger partial charge in [-0.1, -0.05) is 30.0 Å². The number of thioether (sulfide) groups is 1. The Balaban J connectivity index is 1.85. The van der Waals surface area contributed by atoms with E-state index in [1.54, 1.807) is 12.3 Å². The lowest BCUT2D eigenvalue weighted by Gasteiger charge is -2.13. The molecule has 3 aromatic rings. The van der Waals surface area contributed by atoms with Crippen LogP contribution in [-0.2, 0) is 11.9 Å².